The van der Waals surface area contributed by atoms with Crippen LogP contribution in [0.15, 0.2) is 78.9 Å². The summed E-state index contributed by atoms with van der Waals surface area (Å²) in [5.41, 5.74) is 1.12. The summed E-state index contributed by atoms with van der Waals surface area (Å²) in [7, 11) is 0.857. The predicted octanol–water partition coefficient (Wildman–Crippen LogP) is 7.92. The standard InChI is InChI=1S/C37H52O5Si/c1-28(2)42-35-26-31(22-23-34(35)39-7)36(40-27-38-6)30-20-18-29(19-21-30)24-25-41-43(37(3,4)5,32-14-10-8-11-15-32)33-16-12-9-13-17-33/h8-17,22-23,26,28-30,36H,18-21,24-25,27H2,1-7H3. The average molecular weight is 605 g/mol. The van der Waals surface area contributed by atoms with E-state index in [0.29, 0.717) is 11.8 Å². The highest BCUT2D eigenvalue weighted by Crippen LogP contribution is 2.43. The molecule has 1 aliphatic carbocycles. The molecular formula is C37H52O5Si. The molecule has 0 aromatic heterocycles. The second-order valence-corrected chi connectivity index (χ2v) is 17.5. The maximum atomic E-state index is 7.20. The molecule has 0 radical (unpaired) electrons. The van der Waals surface area contributed by atoms with Gasteiger partial charge in [-0.2, -0.15) is 0 Å². The third-order valence-corrected chi connectivity index (χ3v) is 13.9. The van der Waals surface area contributed by atoms with Gasteiger partial charge in [0.2, 0.25) is 0 Å². The number of rotatable bonds is 14. The lowest BCUT2D eigenvalue weighted by molar-refractivity contribution is -0.100. The molecule has 1 aliphatic rings. The highest BCUT2D eigenvalue weighted by molar-refractivity contribution is 6.99. The van der Waals surface area contributed by atoms with Gasteiger partial charge in [0.25, 0.3) is 8.32 Å². The largest absolute Gasteiger partial charge is 0.493 e. The molecule has 0 amide bonds. The van der Waals surface area contributed by atoms with E-state index in [1.807, 2.05) is 19.9 Å². The van der Waals surface area contributed by atoms with Crippen LogP contribution in [0.4, 0.5) is 0 Å². The first kappa shape index (κ1) is 33.3. The zero-order valence-corrected chi connectivity index (χ0v) is 28.3. The first-order chi connectivity index (χ1) is 20.7. The van der Waals surface area contributed by atoms with E-state index in [2.05, 4.69) is 93.6 Å². The fraction of sp³-hybridized carbons (Fsp3) is 0.514. The lowest BCUT2D eigenvalue weighted by atomic mass is 9.77. The highest BCUT2D eigenvalue weighted by Gasteiger charge is 2.50. The molecule has 1 saturated carbocycles. The molecule has 5 nitrogen and oxygen atoms in total. The smallest absolute Gasteiger partial charge is 0.261 e. The Kier molecular flexibility index (Phi) is 11.9. The Hall–Kier alpha value is -2.64. The molecule has 4 rings (SSSR count). The van der Waals surface area contributed by atoms with E-state index in [1.165, 1.54) is 23.2 Å². The number of methoxy groups -OCH3 is 2. The minimum atomic E-state index is -2.51. The summed E-state index contributed by atoms with van der Waals surface area (Å²) in [6.45, 7) is 12.2. The van der Waals surface area contributed by atoms with Crippen molar-refractivity contribution in [2.24, 2.45) is 11.8 Å². The van der Waals surface area contributed by atoms with Crippen LogP contribution in [0.3, 0.4) is 0 Å². The van der Waals surface area contributed by atoms with Crippen LogP contribution in [0.25, 0.3) is 0 Å². The number of ether oxygens (including phenoxy) is 4. The minimum Gasteiger partial charge on any atom is -0.493 e. The first-order valence-electron chi connectivity index (χ1n) is 15.9. The maximum Gasteiger partial charge on any atom is 0.261 e. The van der Waals surface area contributed by atoms with Crippen molar-refractivity contribution in [3.8, 4) is 11.5 Å². The summed E-state index contributed by atoms with van der Waals surface area (Å²) in [6, 6.07) is 28.1. The molecular weight excluding hydrogens is 552 g/mol. The summed E-state index contributed by atoms with van der Waals surface area (Å²) in [6.07, 6.45) is 5.67. The molecule has 3 aromatic rings. The normalized spacial score (nSPS) is 18.4. The Morgan fingerprint density at radius 2 is 1.40 bits per heavy atom. The molecule has 0 aliphatic heterocycles. The van der Waals surface area contributed by atoms with E-state index < -0.39 is 8.32 Å². The number of hydrogen-bond acceptors (Lipinski definition) is 5. The zero-order chi connectivity index (χ0) is 30.9. The van der Waals surface area contributed by atoms with E-state index in [9.17, 15) is 0 Å². The molecule has 0 bridgehead atoms. The molecule has 0 spiro atoms. The van der Waals surface area contributed by atoms with Gasteiger partial charge in [-0.3, -0.25) is 0 Å². The molecule has 43 heavy (non-hydrogen) atoms. The Balaban J connectivity index is 1.45. The van der Waals surface area contributed by atoms with Crippen LogP contribution in [0.5, 0.6) is 11.5 Å². The average Bonchev–Trinajstić information content (AvgIpc) is 3.00. The van der Waals surface area contributed by atoms with Crippen molar-refractivity contribution in [2.45, 2.75) is 84.0 Å². The summed E-state index contributed by atoms with van der Waals surface area (Å²) >= 11 is 0. The van der Waals surface area contributed by atoms with Crippen LogP contribution in [-0.2, 0) is 13.9 Å². The quantitative estimate of drug-likeness (QED) is 0.138. The van der Waals surface area contributed by atoms with Gasteiger partial charge >= 0.3 is 0 Å². The van der Waals surface area contributed by atoms with Crippen LogP contribution in [0.2, 0.25) is 5.04 Å². The molecule has 234 valence electrons. The van der Waals surface area contributed by atoms with Crippen LogP contribution in [-0.4, -0.2) is 42.0 Å². The van der Waals surface area contributed by atoms with Crippen LogP contribution in [0.1, 0.15) is 78.4 Å². The molecule has 1 unspecified atom stereocenters. The molecule has 3 aromatic carbocycles. The Labute approximate surface area is 261 Å². The van der Waals surface area contributed by atoms with Gasteiger partial charge in [-0.25, -0.2) is 0 Å². The van der Waals surface area contributed by atoms with Crippen LogP contribution >= 0.6 is 0 Å². The second-order valence-electron chi connectivity index (χ2n) is 13.2. The molecule has 1 fully saturated rings. The Morgan fingerprint density at radius 3 is 1.91 bits per heavy atom. The lowest BCUT2D eigenvalue weighted by Gasteiger charge is -2.43. The summed E-state index contributed by atoms with van der Waals surface area (Å²) in [5, 5.41) is 2.68. The van der Waals surface area contributed by atoms with Gasteiger partial charge in [0, 0.05) is 13.7 Å². The third-order valence-electron chi connectivity index (χ3n) is 8.83. The predicted molar refractivity (Wildman–Crippen MR) is 178 cm³/mol. The summed E-state index contributed by atoms with van der Waals surface area (Å²) in [5.74, 6) is 2.57. The van der Waals surface area contributed by atoms with Gasteiger partial charge in [0.1, 0.15) is 6.79 Å². The summed E-state index contributed by atoms with van der Waals surface area (Å²) < 4.78 is 30.5. The zero-order valence-electron chi connectivity index (χ0n) is 27.3. The third kappa shape index (κ3) is 8.10. The highest BCUT2D eigenvalue weighted by atomic mass is 28.4. The van der Waals surface area contributed by atoms with Gasteiger partial charge in [-0.1, -0.05) is 87.5 Å². The lowest BCUT2D eigenvalue weighted by Crippen LogP contribution is -2.66. The topological polar surface area (TPSA) is 46.2 Å². The van der Waals surface area contributed by atoms with Gasteiger partial charge in [-0.05, 0) is 90.9 Å². The van der Waals surface area contributed by atoms with E-state index in [4.69, 9.17) is 23.4 Å². The fourth-order valence-corrected chi connectivity index (χ4v) is 11.4. The Morgan fingerprint density at radius 1 is 0.791 bits per heavy atom. The molecule has 0 saturated heterocycles. The van der Waals surface area contributed by atoms with Crippen molar-refractivity contribution in [1.82, 2.24) is 0 Å². The molecule has 1 atom stereocenters. The maximum absolute atomic E-state index is 7.20. The van der Waals surface area contributed by atoms with Crippen molar-refractivity contribution < 1.29 is 23.4 Å². The second kappa shape index (κ2) is 15.4. The van der Waals surface area contributed by atoms with Gasteiger partial charge in [0.05, 0.1) is 19.3 Å². The van der Waals surface area contributed by atoms with Crippen molar-refractivity contribution in [3.63, 3.8) is 0 Å². The van der Waals surface area contributed by atoms with Crippen molar-refractivity contribution in [3.05, 3.63) is 84.4 Å². The van der Waals surface area contributed by atoms with E-state index in [0.717, 1.165) is 42.9 Å². The van der Waals surface area contributed by atoms with Gasteiger partial charge < -0.3 is 23.4 Å². The monoisotopic (exact) mass is 604 g/mol. The SMILES string of the molecule is COCOC(c1ccc(OC)c(OC(C)C)c1)C1CCC(CCO[Si](c2ccccc2)(c2ccccc2)C(C)(C)C)CC1. The fourth-order valence-electron chi connectivity index (χ4n) is 6.78. The van der Waals surface area contributed by atoms with Crippen molar-refractivity contribution in [1.29, 1.82) is 0 Å². The first-order valence-corrected chi connectivity index (χ1v) is 17.8. The minimum absolute atomic E-state index is 0.00419. The number of benzene rings is 3. The van der Waals surface area contributed by atoms with Crippen molar-refractivity contribution >= 4 is 18.7 Å². The van der Waals surface area contributed by atoms with E-state index in [1.54, 1.807) is 14.2 Å². The van der Waals surface area contributed by atoms with Gasteiger partial charge in [-0.15, -0.1) is 0 Å². The molecule has 0 heterocycles. The Bertz CT molecular complexity index is 1190. The molecule has 0 N–H and O–H groups in total. The summed E-state index contributed by atoms with van der Waals surface area (Å²) in [4.78, 5) is 0. The molecule has 6 heteroatoms. The van der Waals surface area contributed by atoms with E-state index in [-0.39, 0.29) is 24.0 Å². The van der Waals surface area contributed by atoms with Crippen LogP contribution < -0.4 is 19.8 Å². The van der Waals surface area contributed by atoms with Crippen LogP contribution in [0, 0.1) is 11.8 Å². The van der Waals surface area contributed by atoms with Gasteiger partial charge in [0.15, 0.2) is 11.5 Å². The van der Waals surface area contributed by atoms with E-state index >= 15 is 0 Å². The van der Waals surface area contributed by atoms with Crippen molar-refractivity contribution in [2.75, 3.05) is 27.6 Å². The number of hydrogen-bond donors (Lipinski definition) is 0.